The van der Waals surface area contributed by atoms with Gasteiger partial charge in [0, 0.05) is 44.5 Å². The first kappa shape index (κ1) is 21.0. The molecule has 1 aliphatic heterocycles. The van der Waals surface area contributed by atoms with Gasteiger partial charge < -0.3 is 4.90 Å². The highest BCUT2D eigenvalue weighted by Crippen LogP contribution is 2.31. The van der Waals surface area contributed by atoms with E-state index >= 15 is 0 Å². The minimum Gasteiger partial charge on any atom is -0.335 e. The van der Waals surface area contributed by atoms with Crippen LogP contribution in [0.2, 0.25) is 0 Å². The first-order valence-electron chi connectivity index (χ1n) is 9.38. The molecule has 0 bridgehead atoms. The fraction of sp³-hybridized carbons (Fsp3) is 0.500. The Morgan fingerprint density at radius 2 is 1.82 bits per heavy atom. The Morgan fingerprint density at radius 1 is 1.14 bits per heavy atom. The van der Waals surface area contributed by atoms with E-state index in [2.05, 4.69) is 41.9 Å². The van der Waals surface area contributed by atoms with Crippen LogP contribution in [0.15, 0.2) is 18.2 Å². The maximum absolute atomic E-state index is 13.0. The van der Waals surface area contributed by atoms with Crippen LogP contribution in [0.4, 0.5) is 0 Å². The molecule has 2 heterocycles. The maximum Gasteiger partial charge on any atom is 0.265 e. The Hall–Kier alpha value is -1.77. The summed E-state index contributed by atoms with van der Waals surface area (Å²) in [5.41, 5.74) is 4.21. The molecule has 28 heavy (non-hydrogen) atoms. The predicted octanol–water partition coefficient (Wildman–Crippen LogP) is 2.54. The lowest BCUT2D eigenvalue weighted by atomic mass is 10.1. The highest BCUT2D eigenvalue weighted by molar-refractivity contribution is 7.90. The highest BCUT2D eigenvalue weighted by Gasteiger charge is 2.26. The number of benzene rings is 1. The van der Waals surface area contributed by atoms with Crippen molar-refractivity contribution in [2.75, 3.05) is 44.7 Å². The Balaban J connectivity index is 1.68. The van der Waals surface area contributed by atoms with Crippen LogP contribution in [0.25, 0.3) is 10.6 Å². The molecule has 0 atom stereocenters. The van der Waals surface area contributed by atoms with E-state index in [1.165, 1.54) is 23.2 Å². The Kier molecular flexibility index (Phi) is 6.21. The molecule has 0 spiro atoms. The zero-order valence-corrected chi connectivity index (χ0v) is 18.5. The number of carbonyl (C=O) groups is 1. The van der Waals surface area contributed by atoms with Gasteiger partial charge in [0.15, 0.2) is 0 Å². The molecule has 1 fully saturated rings. The fourth-order valence-electron chi connectivity index (χ4n) is 3.38. The Morgan fingerprint density at radius 3 is 2.43 bits per heavy atom. The minimum atomic E-state index is -2.96. The van der Waals surface area contributed by atoms with Crippen molar-refractivity contribution < 1.29 is 13.2 Å². The van der Waals surface area contributed by atoms with Crippen molar-refractivity contribution in [3.8, 4) is 10.6 Å². The summed E-state index contributed by atoms with van der Waals surface area (Å²) in [6.07, 6.45) is 1.26. The average molecular weight is 422 g/mol. The van der Waals surface area contributed by atoms with Gasteiger partial charge in [0.05, 0.1) is 11.4 Å². The van der Waals surface area contributed by atoms with E-state index in [1.807, 2.05) is 11.8 Å². The van der Waals surface area contributed by atoms with Crippen molar-refractivity contribution in [2.24, 2.45) is 0 Å². The van der Waals surface area contributed by atoms with Crippen LogP contribution in [0.5, 0.6) is 0 Å². The number of amides is 1. The van der Waals surface area contributed by atoms with Crippen LogP contribution in [0, 0.1) is 20.8 Å². The number of piperazine rings is 1. The molecule has 8 heteroatoms. The van der Waals surface area contributed by atoms with E-state index in [0.717, 1.165) is 21.8 Å². The van der Waals surface area contributed by atoms with Gasteiger partial charge in [0.1, 0.15) is 19.7 Å². The number of thiazole rings is 1. The second kappa shape index (κ2) is 8.31. The lowest BCUT2D eigenvalue weighted by molar-refractivity contribution is 0.0648. The monoisotopic (exact) mass is 421 g/mol. The third-order valence-corrected chi connectivity index (χ3v) is 7.14. The second-order valence-corrected chi connectivity index (χ2v) is 10.8. The number of carbonyl (C=O) groups excluding carboxylic acids is 1. The predicted molar refractivity (Wildman–Crippen MR) is 114 cm³/mol. The van der Waals surface area contributed by atoms with Crippen molar-refractivity contribution in [2.45, 2.75) is 20.8 Å². The van der Waals surface area contributed by atoms with E-state index in [-0.39, 0.29) is 11.7 Å². The molecule has 1 amide bonds. The third-order valence-electron chi connectivity index (χ3n) is 5.04. The smallest absolute Gasteiger partial charge is 0.265 e. The van der Waals surface area contributed by atoms with E-state index in [4.69, 9.17) is 0 Å². The molecule has 6 nitrogen and oxygen atoms in total. The summed E-state index contributed by atoms with van der Waals surface area (Å²) in [6.45, 7) is 9.16. The summed E-state index contributed by atoms with van der Waals surface area (Å²) < 4.78 is 22.7. The zero-order chi connectivity index (χ0) is 20.5. The van der Waals surface area contributed by atoms with Crippen LogP contribution < -0.4 is 0 Å². The van der Waals surface area contributed by atoms with Gasteiger partial charge >= 0.3 is 0 Å². The zero-order valence-electron chi connectivity index (χ0n) is 16.9. The molecule has 1 saturated heterocycles. The number of aryl methyl sites for hydroxylation is 3. The van der Waals surface area contributed by atoms with Gasteiger partial charge in [0.25, 0.3) is 5.91 Å². The summed E-state index contributed by atoms with van der Waals surface area (Å²) in [7, 11) is -2.96. The van der Waals surface area contributed by atoms with Crippen molar-refractivity contribution in [1.29, 1.82) is 0 Å². The number of hydrogen-bond acceptors (Lipinski definition) is 6. The lowest BCUT2D eigenvalue weighted by Crippen LogP contribution is -2.49. The lowest BCUT2D eigenvalue weighted by Gasteiger charge is -2.34. The molecule has 0 unspecified atom stereocenters. The van der Waals surface area contributed by atoms with E-state index < -0.39 is 9.84 Å². The molecule has 1 aliphatic rings. The van der Waals surface area contributed by atoms with Crippen LogP contribution in [-0.2, 0) is 9.84 Å². The standard InChI is InChI=1S/C20H27N3O3S2/c1-14-5-6-17(15(2)13-14)19-21-16(3)18(27-19)20(24)23-9-7-22(8-10-23)11-12-28(4,25)26/h5-6,13H,7-12H2,1-4H3. The van der Waals surface area contributed by atoms with E-state index in [9.17, 15) is 13.2 Å². The van der Waals surface area contributed by atoms with E-state index in [0.29, 0.717) is 37.6 Å². The van der Waals surface area contributed by atoms with Crippen LogP contribution in [0.3, 0.4) is 0 Å². The number of sulfone groups is 1. The Labute approximate surface area is 171 Å². The van der Waals surface area contributed by atoms with Crippen LogP contribution in [0.1, 0.15) is 26.5 Å². The van der Waals surface area contributed by atoms with Crippen LogP contribution >= 0.6 is 11.3 Å². The first-order valence-corrected chi connectivity index (χ1v) is 12.3. The van der Waals surface area contributed by atoms with Gasteiger partial charge in [-0.3, -0.25) is 9.69 Å². The van der Waals surface area contributed by atoms with Crippen molar-refractivity contribution >= 4 is 27.1 Å². The quantitative estimate of drug-likeness (QED) is 0.742. The van der Waals surface area contributed by atoms with Crippen LogP contribution in [-0.4, -0.2) is 73.8 Å². The largest absolute Gasteiger partial charge is 0.335 e. The van der Waals surface area contributed by atoms with Gasteiger partial charge in [-0.1, -0.05) is 23.8 Å². The number of aromatic nitrogens is 1. The SMILES string of the molecule is Cc1ccc(-c2nc(C)c(C(=O)N3CCN(CCS(C)(=O)=O)CC3)s2)c(C)c1. The maximum atomic E-state index is 13.0. The van der Waals surface area contributed by atoms with Crippen molar-refractivity contribution in [3.05, 3.63) is 39.9 Å². The molecular weight excluding hydrogens is 394 g/mol. The highest BCUT2D eigenvalue weighted by atomic mass is 32.2. The molecule has 0 saturated carbocycles. The molecule has 0 N–H and O–H groups in total. The van der Waals surface area contributed by atoms with Gasteiger partial charge in [0.2, 0.25) is 0 Å². The Bertz CT molecular complexity index is 975. The average Bonchev–Trinajstić information content (AvgIpc) is 3.00. The molecule has 2 aromatic rings. The van der Waals surface area contributed by atoms with Gasteiger partial charge in [-0.15, -0.1) is 11.3 Å². The van der Waals surface area contributed by atoms with Gasteiger partial charge in [-0.25, -0.2) is 13.4 Å². The second-order valence-electron chi connectivity index (χ2n) is 7.52. The molecule has 1 aromatic heterocycles. The van der Waals surface area contributed by atoms with Crippen molar-refractivity contribution in [3.63, 3.8) is 0 Å². The molecular formula is C20H27N3O3S2. The molecule has 152 valence electrons. The normalized spacial score (nSPS) is 15.8. The van der Waals surface area contributed by atoms with E-state index in [1.54, 1.807) is 0 Å². The van der Waals surface area contributed by atoms with Gasteiger partial charge in [-0.05, 0) is 26.3 Å². The number of nitrogens with zero attached hydrogens (tertiary/aromatic N) is 3. The first-order chi connectivity index (χ1) is 13.1. The van der Waals surface area contributed by atoms with Gasteiger partial charge in [-0.2, -0.15) is 0 Å². The molecule has 1 aromatic carbocycles. The summed E-state index contributed by atoms with van der Waals surface area (Å²) in [5.74, 6) is 0.183. The molecule has 0 radical (unpaired) electrons. The minimum absolute atomic E-state index is 0.0220. The molecule has 3 rings (SSSR count). The topological polar surface area (TPSA) is 70.6 Å². The third kappa shape index (κ3) is 4.98. The summed E-state index contributed by atoms with van der Waals surface area (Å²) in [5, 5.41) is 0.880. The number of hydrogen-bond donors (Lipinski definition) is 0. The summed E-state index contributed by atoms with van der Waals surface area (Å²) in [6, 6.07) is 6.26. The summed E-state index contributed by atoms with van der Waals surface area (Å²) >= 11 is 1.45. The van der Waals surface area contributed by atoms with Crippen molar-refractivity contribution in [1.82, 2.24) is 14.8 Å². The fourth-order valence-corrected chi connectivity index (χ4v) is 5.09. The summed E-state index contributed by atoms with van der Waals surface area (Å²) in [4.78, 5) is 22.3. The number of rotatable bonds is 5. The molecule has 0 aliphatic carbocycles.